The maximum atomic E-state index is 14.6. The van der Waals surface area contributed by atoms with Crippen LogP contribution in [0.15, 0.2) is 24.3 Å². The van der Waals surface area contributed by atoms with E-state index in [1.165, 1.54) is 14.2 Å². The molecule has 2 aliphatic carbocycles. The van der Waals surface area contributed by atoms with Crippen LogP contribution in [-0.2, 0) is 37.7 Å². The average Bonchev–Trinajstić information content (AvgIpc) is 4.04. The standard InChI is InChI=1S/C44H70N2O10P2/c1-25(2)37-19-35(21-39(29(9)33-15-16-33)41(37)55-57(49,23-51-13)45-31(11)43(47)53-27(5)6)36-20-38(26(3)4)42(40(22-36)30(10)34-17-18-34)56-58(50,24-52-14)46-32(12)44(48)54-28(7)8/h19-22,25-34H,15-18,23-24H2,1-14H3,(H,45,49)(H,46,50)/t29-,30-,31+,32+,57?,58?/m1/s1. The highest BCUT2D eigenvalue weighted by atomic mass is 31.2. The number of carbonyl (C=O) groups excluding carboxylic acids is 2. The van der Waals surface area contributed by atoms with Gasteiger partial charge in [-0.2, -0.15) is 0 Å². The Morgan fingerprint density at radius 1 is 0.569 bits per heavy atom. The van der Waals surface area contributed by atoms with E-state index in [1.807, 2.05) is 0 Å². The molecular weight excluding hydrogens is 778 g/mol. The van der Waals surface area contributed by atoms with Gasteiger partial charge in [0.05, 0.1) is 12.2 Å². The fourth-order valence-corrected chi connectivity index (χ4v) is 10.7. The molecule has 2 fully saturated rings. The second-order valence-corrected chi connectivity index (χ2v) is 21.7. The van der Waals surface area contributed by atoms with Gasteiger partial charge in [0.1, 0.15) is 36.3 Å². The number of rotatable bonds is 23. The molecule has 0 saturated heterocycles. The molecule has 6 atom stereocenters. The van der Waals surface area contributed by atoms with Crippen LogP contribution in [0.25, 0.3) is 11.1 Å². The van der Waals surface area contributed by atoms with E-state index in [1.54, 1.807) is 41.5 Å². The Labute approximate surface area is 347 Å². The second kappa shape index (κ2) is 20.2. The highest BCUT2D eigenvalue weighted by Gasteiger charge is 2.39. The number of ether oxygens (including phenoxy) is 4. The summed E-state index contributed by atoms with van der Waals surface area (Å²) in [5.74, 6) is 1.08. The van der Waals surface area contributed by atoms with Crippen LogP contribution in [0, 0.1) is 11.8 Å². The third kappa shape index (κ3) is 12.7. The van der Waals surface area contributed by atoms with Crippen molar-refractivity contribution in [2.75, 3.05) is 26.9 Å². The predicted octanol–water partition coefficient (Wildman–Crippen LogP) is 10.8. The molecule has 0 spiro atoms. The van der Waals surface area contributed by atoms with Gasteiger partial charge >= 0.3 is 27.0 Å². The first-order valence-electron chi connectivity index (χ1n) is 21.0. The van der Waals surface area contributed by atoms with Gasteiger partial charge in [0, 0.05) is 14.2 Å². The molecule has 4 rings (SSSR count). The monoisotopic (exact) mass is 848 g/mol. The van der Waals surface area contributed by atoms with Crippen LogP contribution in [-0.4, -0.2) is 63.1 Å². The molecule has 0 amide bonds. The lowest BCUT2D eigenvalue weighted by Crippen LogP contribution is -2.36. The zero-order valence-corrected chi connectivity index (χ0v) is 39.1. The van der Waals surface area contributed by atoms with Gasteiger partial charge in [-0.3, -0.25) is 18.7 Å². The van der Waals surface area contributed by atoms with E-state index in [0.29, 0.717) is 23.3 Å². The topological polar surface area (TPSA) is 148 Å². The summed E-state index contributed by atoms with van der Waals surface area (Å²) in [6.07, 6.45) is 3.20. The number of benzene rings is 2. The summed E-state index contributed by atoms with van der Waals surface area (Å²) in [6, 6.07) is 6.74. The summed E-state index contributed by atoms with van der Waals surface area (Å²) in [6.45, 7) is 23.0. The van der Waals surface area contributed by atoms with Crippen molar-refractivity contribution >= 4 is 27.0 Å². The van der Waals surface area contributed by atoms with E-state index < -0.39 is 39.1 Å². The van der Waals surface area contributed by atoms with Crippen LogP contribution in [0.2, 0.25) is 0 Å². The van der Waals surface area contributed by atoms with E-state index >= 15 is 0 Å². The summed E-state index contributed by atoms with van der Waals surface area (Å²) in [4.78, 5) is 25.6. The Morgan fingerprint density at radius 2 is 0.879 bits per heavy atom. The molecule has 14 heteroatoms. The minimum Gasteiger partial charge on any atom is -0.462 e. The molecule has 2 aromatic carbocycles. The third-order valence-electron chi connectivity index (χ3n) is 10.8. The Balaban J connectivity index is 1.90. The summed E-state index contributed by atoms with van der Waals surface area (Å²) in [7, 11) is -4.66. The highest BCUT2D eigenvalue weighted by Crippen LogP contribution is 2.55. The molecule has 12 nitrogen and oxygen atoms in total. The molecule has 2 unspecified atom stereocenters. The lowest BCUT2D eigenvalue weighted by molar-refractivity contribution is -0.149. The van der Waals surface area contributed by atoms with Gasteiger partial charge in [0.2, 0.25) is 0 Å². The predicted molar refractivity (Wildman–Crippen MR) is 230 cm³/mol. The van der Waals surface area contributed by atoms with Gasteiger partial charge in [0.15, 0.2) is 0 Å². The maximum absolute atomic E-state index is 14.6. The van der Waals surface area contributed by atoms with Gasteiger partial charge in [-0.25, -0.2) is 10.2 Å². The van der Waals surface area contributed by atoms with Crippen LogP contribution in [0.3, 0.4) is 0 Å². The van der Waals surface area contributed by atoms with Gasteiger partial charge in [-0.1, -0.05) is 41.5 Å². The van der Waals surface area contributed by atoms with E-state index in [0.717, 1.165) is 59.1 Å². The van der Waals surface area contributed by atoms with Crippen molar-refractivity contribution in [3.63, 3.8) is 0 Å². The first kappa shape index (κ1) is 48.0. The molecule has 326 valence electrons. The minimum absolute atomic E-state index is 0.0214. The van der Waals surface area contributed by atoms with Crippen LogP contribution >= 0.6 is 15.0 Å². The molecule has 2 aliphatic rings. The SMILES string of the molecule is COCP(=O)(N[C@@H](C)C(=O)OC(C)C)Oc1c(C(C)C)cc(-c2cc(C(C)C)c(OP(=O)(COC)N[C@@H](C)C(=O)OC(C)C)c([C@H](C)C3CC3)c2)cc1[C@H](C)C1CC1. The second-order valence-electron chi connectivity index (χ2n) is 17.6. The number of hydrogen-bond acceptors (Lipinski definition) is 10. The number of carbonyl (C=O) groups is 2. The Kier molecular flexibility index (Phi) is 16.7. The number of hydrogen-bond donors (Lipinski definition) is 2. The fraction of sp³-hybridized carbons (Fsp3) is 0.682. The third-order valence-corrected chi connectivity index (χ3v) is 14.5. The number of esters is 2. The van der Waals surface area contributed by atoms with E-state index in [2.05, 4.69) is 76.0 Å². The van der Waals surface area contributed by atoms with E-state index in [4.69, 9.17) is 28.0 Å². The zero-order valence-electron chi connectivity index (χ0n) is 37.3. The summed E-state index contributed by atoms with van der Waals surface area (Å²) in [5.41, 5.74) is 5.60. The molecule has 2 saturated carbocycles. The fourth-order valence-electron chi connectivity index (χ4n) is 7.31. The quantitative estimate of drug-likeness (QED) is 0.0810. The van der Waals surface area contributed by atoms with Crippen molar-refractivity contribution in [3.8, 4) is 22.6 Å². The van der Waals surface area contributed by atoms with E-state index in [-0.39, 0.29) is 48.6 Å². The molecule has 2 N–H and O–H groups in total. The number of nitrogens with one attached hydrogen (secondary N) is 2. The smallest absolute Gasteiger partial charge is 0.342 e. The van der Waals surface area contributed by atoms with Crippen molar-refractivity contribution in [2.45, 2.75) is 157 Å². The molecule has 0 bridgehead atoms. The minimum atomic E-state index is -3.79. The lowest BCUT2D eigenvalue weighted by atomic mass is 9.84. The van der Waals surface area contributed by atoms with Gasteiger partial charge in [-0.15, -0.1) is 0 Å². The van der Waals surface area contributed by atoms with Crippen molar-refractivity contribution in [3.05, 3.63) is 46.5 Å². The Bertz CT molecular complexity index is 1710. The maximum Gasteiger partial charge on any atom is 0.342 e. The molecule has 0 aromatic heterocycles. The van der Waals surface area contributed by atoms with Crippen molar-refractivity contribution in [1.29, 1.82) is 0 Å². The van der Waals surface area contributed by atoms with Crippen molar-refractivity contribution < 1.29 is 46.7 Å². The summed E-state index contributed by atoms with van der Waals surface area (Å²) >= 11 is 0. The van der Waals surface area contributed by atoms with Crippen molar-refractivity contribution in [1.82, 2.24) is 10.2 Å². The first-order chi connectivity index (χ1) is 27.1. The molecule has 0 aliphatic heterocycles. The molecule has 0 heterocycles. The van der Waals surface area contributed by atoms with Gasteiger partial charge < -0.3 is 28.0 Å². The van der Waals surface area contributed by atoms with Crippen LogP contribution < -0.4 is 19.2 Å². The summed E-state index contributed by atoms with van der Waals surface area (Å²) < 4.78 is 64.1. The van der Waals surface area contributed by atoms with Crippen LogP contribution in [0.1, 0.15) is 155 Å². The first-order valence-corrected chi connectivity index (χ1v) is 24.6. The Morgan fingerprint density at radius 3 is 1.14 bits per heavy atom. The average molecular weight is 849 g/mol. The largest absolute Gasteiger partial charge is 0.462 e. The molecular formula is C44H70N2O10P2. The highest BCUT2D eigenvalue weighted by molar-refractivity contribution is 7.57. The van der Waals surface area contributed by atoms with Crippen LogP contribution in [0.5, 0.6) is 11.5 Å². The van der Waals surface area contributed by atoms with Gasteiger partial charge in [0.25, 0.3) is 0 Å². The van der Waals surface area contributed by atoms with E-state index in [9.17, 15) is 18.7 Å². The number of methoxy groups -OCH3 is 2. The normalized spacial score (nSPS) is 18.7. The van der Waals surface area contributed by atoms with Crippen LogP contribution in [0.4, 0.5) is 0 Å². The molecule has 2 aromatic rings. The molecule has 0 radical (unpaired) electrons. The summed E-state index contributed by atoms with van der Waals surface area (Å²) in [5, 5.41) is 5.89. The molecule has 58 heavy (non-hydrogen) atoms. The zero-order chi connectivity index (χ0) is 43.3. The lowest BCUT2D eigenvalue weighted by Gasteiger charge is -2.30. The van der Waals surface area contributed by atoms with Gasteiger partial charge in [-0.05, 0) is 160 Å². The Hall–Kier alpha value is -2.72. The van der Waals surface area contributed by atoms with Crippen molar-refractivity contribution in [2.24, 2.45) is 11.8 Å².